The predicted octanol–water partition coefficient (Wildman–Crippen LogP) is 1.73. The first-order valence-electron chi connectivity index (χ1n) is 6.07. The first-order valence-corrected chi connectivity index (χ1v) is 6.07. The first-order chi connectivity index (χ1) is 8.84. The van der Waals surface area contributed by atoms with Crippen LogP contribution in [0.25, 0.3) is 0 Å². The molecule has 2 N–H and O–H groups in total. The Kier molecular flexibility index (Phi) is 2.94. The van der Waals surface area contributed by atoms with Crippen molar-refractivity contribution in [2.24, 2.45) is 11.7 Å². The van der Waals surface area contributed by atoms with Crippen molar-refractivity contribution in [3.63, 3.8) is 0 Å². The van der Waals surface area contributed by atoms with E-state index in [-0.39, 0.29) is 12.0 Å². The zero-order valence-electron chi connectivity index (χ0n) is 9.99. The lowest BCUT2D eigenvalue weighted by Gasteiger charge is -2.29. The van der Waals surface area contributed by atoms with E-state index >= 15 is 0 Å². The van der Waals surface area contributed by atoms with E-state index in [2.05, 4.69) is 16.0 Å². The Morgan fingerprint density at radius 3 is 3.00 bits per heavy atom. The zero-order chi connectivity index (χ0) is 12.4. The van der Waals surface area contributed by atoms with Gasteiger partial charge < -0.3 is 10.5 Å². The summed E-state index contributed by atoms with van der Waals surface area (Å²) in [6, 6.07) is 7.97. The monoisotopic (exact) mass is 241 g/mol. The minimum atomic E-state index is -0.132. The van der Waals surface area contributed by atoms with E-state index in [1.807, 2.05) is 18.2 Å². The van der Waals surface area contributed by atoms with E-state index in [1.165, 1.54) is 5.56 Å². The molecule has 0 radical (unpaired) electrons. The molecule has 1 aliphatic rings. The third-order valence-electron chi connectivity index (χ3n) is 3.34. The predicted molar refractivity (Wildman–Crippen MR) is 68.1 cm³/mol. The van der Waals surface area contributed by atoms with Crippen molar-refractivity contribution < 1.29 is 4.74 Å². The SMILES string of the molecule is NC(c1cnccn1)C1COc2ccccc2C1. The molecule has 1 aliphatic heterocycles. The summed E-state index contributed by atoms with van der Waals surface area (Å²) in [5, 5.41) is 0. The second-order valence-electron chi connectivity index (χ2n) is 4.54. The number of rotatable bonds is 2. The lowest BCUT2D eigenvalue weighted by atomic mass is 9.89. The highest BCUT2D eigenvalue weighted by molar-refractivity contribution is 5.35. The Labute approximate surface area is 106 Å². The number of nitrogens with zero attached hydrogens (tertiary/aromatic N) is 2. The van der Waals surface area contributed by atoms with Crippen LogP contribution in [0, 0.1) is 5.92 Å². The largest absolute Gasteiger partial charge is 0.493 e. The average Bonchev–Trinajstić information content (AvgIpc) is 2.47. The van der Waals surface area contributed by atoms with Crippen LogP contribution >= 0.6 is 0 Å². The Morgan fingerprint density at radius 1 is 1.28 bits per heavy atom. The van der Waals surface area contributed by atoms with Crippen molar-refractivity contribution in [1.29, 1.82) is 0 Å². The van der Waals surface area contributed by atoms with E-state index in [0.29, 0.717) is 6.61 Å². The van der Waals surface area contributed by atoms with E-state index in [0.717, 1.165) is 17.9 Å². The molecule has 0 bridgehead atoms. The molecule has 2 atom stereocenters. The van der Waals surface area contributed by atoms with Gasteiger partial charge in [0.25, 0.3) is 0 Å². The number of para-hydroxylation sites is 1. The zero-order valence-corrected chi connectivity index (χ0v) is 9.99. The number of benzene rings is 1. The van der Waals surface area contributed by atoms with Gasteiger partial charge in [-0.15, -0.1) is 0 Å². The summed E-state index contributed by atoms with van der Waals surface area (Å²) in [7, 11) is 0. The van der Waals surface area contributed by atoms with Crippen LogP contribution in [0.15, 0.2) is 42.9 Å². The maximum absolute atomic E-state index is 6.24. The Hall–Kier alpha value is -1.94. The minimum Gasteiger partial charge on any atom is -0.493 e. The number of hydrogen-bond donors (Lipinski definition) is 1. The number of hydrogen-bond acceptors (Lipinski definition) is 4. The Bertz CT molecular complexity index is 530. The standard InChI is InChI=1S/C14H15N3O/c15-14(12-8-16-5-6-17-12)11-7-10-3-1-2-4-13(10)18-9-11/h1-6,8,11,14H,7,9,15H2. The number of ether oxygens (including phenoxy) is 1. The van der Waals surface area contributed by atoms with E-state index in [4.69, 9.17) is 10.5 Å². The average molecular weight is 241 g/mol. The topological polar surface area (TPSA) is 61.0 Å². The van der Waals surface area contributed by atoms with Gasteiger partial charge in [0, 0.05) is 24.5 Å². The quantitative estimate of drug-likeness (QED) is 0.869. The van der Waals surface area contributed by atoms with Crippen LogP contribution < -0.4 is 10.5 Å². The van der Waals surface area contributed by atoms with Crippen LogP contribution in [0.4, 0.5) is 0 Å². The summed E-state index contributed by atoms with van der Waals surface area (Å²) in [4.78, 5) is 8.33. The number of aromatic nitrogens is 2. The highest BCUT2D eigenvalue weighted by atomic mass is 16.5. The lowest BCUT2D eigenvalue weighted by Crippen LogP contribution is -2.32. The molecule has 92 valence electrons. The third-order valence-corrected chi connectivity index (χ3v) is 3.34. The molecule has 0 aliphatic carbocycles. The highest BCUT2D eigenvalue weighted by Crippen LogP contribution is 2.31. The normalized spacial score (nSPS) is 19.7. The molecule has 3 rings (SSSR count). The molecule has 2 unspecified atom stereocenters. The van der Waals surface area contributed by atoms with Crippen LogP contribution in [0.3, 0.4) is 0 Å². The van der Waals surface area contributed by atoms with Gasteiger partial charge >= 0.3 is 0 Å². The summed E-state index contributed by atoms with van der Waals surface area (Å²) in [6.45, 7) is 0.634. The molecule has 0 saturated heterocycles. The molecular formula is C14H15N3O. The summed E-state index contributed by atoms with van der Waals surface area (Å²) in [5.74, 6) is 1.22. The van der Waals surface area contributed by atoms with Gasteiger partial charge in [0.1, 0.15) is 5.75 Å². The van der Waals surface area contributed by atoms with Crippen molar-refractivity contribution in [2.45, 2.75) is 12.5 Å². The highest BCUT2D eigenvalue weighted by Gasteiger charge is 2.26. The molecule has 0 amide bonds. The summed E-state index contributed by atoms with van der Waals surface area (Å²) < 4.78 is 5.75. The van der Waals surface area contributed by atoms with E-state index < -0.39 is 0 Å². The van der Waals surface area contributed by atoms with Gasteiger partial charge in [-0.25, -0.2) is 0 Å². The van der Waals surface area contributed by atoms with Crippen LogP contribution in [-0.2, 0) is 6.42 Å². The van der Waals surface area contributed by atoms with Crippen molar-refractivity contribution >= 4 is 0 Å². The molecule has 2 aromatic rings. The molecule has 0 spiro atoms. The number of fused-ring (bicyclic) bond motifs is 1. The fourth-order valence-electron chi connectivity index (χ4n) is 2.31. The second kappa shape index (κ2) is 4.74. The van der Waals surface area contributed by atoms with Crippen molar-refractivity contribution in [2.75, 3.05) is 6.61 Å². The van der Waals surface area contributed by atoms with Gasteiger partial charge in [-0.3, -0.25) is 9.97 Å². The summed E-state index contributed by atoms with van der Waals surface area (Å²) in [6.07, 6.45) is 5.98. The third kappa shape index (κ3) is 2.07. The van der Waals surface area contributed by atoms with Gasteiger partial charge in [-0.05, 0) is 18.1 Å². The van der Waals surface area contributed by atoms with Gasteiger partial charge in [0.2, 0.25) is 0 Å². The fourth-order valence-corrected chi connectivity index (χ4v) is 2.31. The molecule has 18 heavy (non-hydrogen) atoms. The summed E-state index contributed by atoms with van der Waals surface area (Å²) in [5.41, 5.74) is 8.28. The maximum Gasteiger partial charge on any atom is 0.122 e. The smallest absolute Gasteiger partial charge is 0.122 e. The molecule has 1 aromatic carbocycles. The van der Waals surface area contributed by atoms with Crippen LogP contribution in [0.1, 0.15) is 17.3 Å². The molecule has 0 saturated carbocycles. The fraction of sp³-hybridized carbons (Fsp3) is 0.286. The first kappa shape index (κ1) is 11.2. The molecule has 2 heterocycles. The summed E-state index contributed by atoms with van der Waals surface area (Å²) >= 11 is 0. The van der Waals surface area contributed by atoms with Crippen LogP contribution in [0.2, 0.25) is 0 Å². The Morgan fingerprint density at radius 2 is 2.17 bits per heavy atom. The van der Waals surface area contributed by atoms with Crippen molar-refractivity contribution in [3.05, 3.63) is 54.1 Å². The van der Waals surface area contributed by atoms with Crippen LogP contribution in [0.5, 0.6) is 5.75 Å². The van der Waals surface area contributed by atoms with Gasteiger partial charge in [0.15, 0.2) is 0 Å². The number of nitrogens with two attached hydrogens (primary N) is 1. The molecule has 4 heteroatoms. The van der Waals surface area contributed by atoms with Gasteiger partial charge in [-0.1, -0.05) is 18.2 Å². The molecular weight excluding hydrogens is 226 g/mol. The minimum absolute atomic E-state index is 0.132. The Balaban J connectivity index is 1.80. The molecule has 0 fully saturated rings. The van der Waals surface area contributed by atoms with Crippen LogP contribution in [-0.4, -0.2) is 16.6 Å². The second-order valence-corrected chi connectivity index (χ2v) is 4.54. The van der Waals surface area contributed by atoms with E-state index in [9.17, 15) is 0 Å². The maximum atomic E-state index is 6.24. The molecule has 1 aromatic heterocycles. The molecule has 4 nitrogen and oxygen atoms in total. The van der Waals surface area contributed by atoms with Crippen molar-refractivity contribution in [1.82, 2.24) is 9.97 Å². The lowest BCUT2D eigenvalue weighted by molar-refractivity contribution is 0.198. The van der Waals surface area contributed by atoms with Crippen molar-refractivity contribution in [3.8, 4) is 5.75 Å². The van der Waals surface area contributed by atoms with E-state index in [1.54, 1.807) is 18.6 Å². The van der Waals surface area contributed by atoms with Gasteiger partial charge in [-0.2, -0.15) is 0 Å². The van der Waals surface area contributed by atoms with Gasteiger partial charge in [0.05, 0.1) is 18.3 Å².